The third-order valence-corrected chi connectivity index (χ3v) is 16.2. The first-order valence-corrected chi connectivity index (χ1v) is 18.0. The van der Waals surface area contributed by atoms with Gasteiger partial charge in [-0.05, 0) is 130 Å². The molecule has 5 aliphatic rings. The minimum atomic E-state index is -0.362. The molecule has 0 aromatic rings. The van der Waals surface area contributed by atoms with Gasteiger partial charge in [-0.3, -0.25) is 4.79 Å². The summed E-state index contributed by atoms with van der Waals surface area (Å²) in [5, 5.41) is 11.0. The van der Waals surface area contributed by atoms with E-state index in [0.717, 1.165) is 75.6 Å². The topological polar surface area (TPSA) is 46.5 Å². The van der Waals surface area contributed by atoms with Crippen LogP contribution in [0.5, 0.6) is 0 Å². The molecule has 5 heteroatoms. The summed E-state index contributed by atoms with van der Waals surface area (Å²) in [6.07, 6.45) is 12.3. The monoisotopic (exact) mass is 663 g/mol. The van der Waals surface area contributed by atoms with Crippen LogP contribution in [0.25, 0.3) is 0 Å². The summed E-state index contributed by atoms with van der Waals surface area (Å²) in [5.41, 5.74) is 1.82. The average Bonchev–Trinajstić information content (AvgIpc) is 2.96. The van der Waals surface area contributed by atoms with Gasteiger partial charge in [0.2, 0.25) is 0 Å². The van der Waals surface area contributed by atoms with Crippen LogP contribution in [0, 0.1) is 56.7 Å². The van der Waals surface area contributed by atoms with Crippen molar-refractivity contribution in [3.63, 3.8) is 0 Å². The van der Waals surface area contributed by atoms with Crippen molar-refractivity contribution in [2.75, 3.05) is 32.8 Å². The summed E-state index contributed by atoms with van der Waals surface area (Å²) in [5.74, 6) is 2.72. The minimum absolute atomic E-state index is 0. The van der Waals surface area contributed by atoms with Crippen molar-refractivity contribution in [1.29, 1.82) is 0 Å². The highest BCUT2D eigenvalue weighted by Gasteiger charge is 2.69. The van der Waals surface area contributed by atoms with Crippen LogP contribution in [0.4, 0.5) is 0 Å². The van der Waals surface area contributed by atoms with Gasteiger partial charge in [0.25, 0.3) is 0 Å². The number of esters is 1. The van der Waals surface area contributed by atoms with Crippen molar-refractivity contribution in [1.82, 2.24) is 0 Å². The lowest BCUT2D eigenvalue weighted by molar-refractivity contribution is -0.923. The zero-order valence-corrected chi connectivity index (χ0v) is 31.1. The number of likely N-dealkylation sites (N-methyl/N-ethyl adjacent to an activating group) is 1. The first-order chi connectivity index (χ1) is 19.6. The maximum absolute atomic E-state index is 14.4. The fourth-order valence-corrected chi connectivity index (χ4v) is 12.5. The van der Waals surface area contributed by atoms with Gasteiger partial charge in [0.05, 0.1) is 31.2 Å². The van der Waals surface area contributed by atoms with Crippen molar-refractivity contribution in [2.24, 2.45) is 56.7 Å². The Labute approximate surface area is 275 Å². The molecule has 0 bridgehead atoms. The molecule has 0 aliphatic heterocycles. The van der Waals surface area contributed by atoms with Crippen LogP contribution in [0.15, 0.2) is 11.6 Å². The normalized spacial score (nSPS) is 45.3. The van der Waals surface area contributed by atoms with Crippen molar-refractivity contribution >= 4 is 5.97 Å². The molecule has 5 rings (SSSR count). The van der Waals surface area contributed by atoms with E-state index in [4.69, 9.17) is 4.74 Å². The second kappa shape index (κ2) is 12.0. The van der Waals surface area contributed by atoms with Crippen LogP contribution < -0.4 is 17.0 Å². The summed E-state index contributed by atoms with van der Waals surface area (Å²) in [6.45, 7) is 28.9. The predicted octanol–water partition coefficient (Wildman–Crippen LogP) is 5.43. The van der Waals surface area contributed by atoms with Gasteiger partial charge >= 0.3 is 5.97 Å². The Morgan fingerprint density at radius 2 is 1.56 bits per heavy atom. The van der Waals surface area contributed by atoms with Gasteiger partial charge in [0, 0.05) is 0 Å². The molecule has 1 N–H and O–H groups in total. The maximum atomic E-state index is 14.4. The number of aliphatic hydroxyl groups excluding tert-OH is 1. The molecule has 0 heterocycles. The molecule has 10 atom stereocenters. The number of rotatable bonds is 7. The van der Waals surface area contributed by atoms with Crippen molar-refractivity contribution in [2.45, 2.75) is 133 Å². The lowest BCUT2D eigenvalue weighted by Gasteiger charge is -2.71. The molecule has 248 valence electrons. The van der Waals surface area contributed by atoms with Gasteiger partial charge in [-0.2, -0.15) is 0 Å². The molecule has 5 aliphatic carbocycles. The molecular weight excluding hydrogens is 598 g/mol. The highest BCUT2D eigenvalue weighted by molar-refractivity contribution is 5.79. The van der Waals surface area contributed by atoms with Crippen LogP contribution in [-0.4, -0.2) is 54.4 Å². The molecule has 0 aromatic carbocycles. The van der Waals surface area contributed by atoms with Crippen molar-refractivity contribution < 1.29 is 36.1 Å². The third-order valence-electron chi connectivity index (χ3n) is 16.2. The molecule has 0 amide bonds. The lowest BCUT2D eigenvalue weighted by Crippen LogP contribution is -3.00. The van der Waals surface area contributed by atoms with E-state index in [0.29, 0.717) is 36.2 Å². The summed E-state index contributed by atoms with van der Waals surface area (Å²) in [4.78, 5) is 14.4. The average molecular weight is 665 g/mol. The Kier molecular flexibility index (Phi) is 9.90. The van der Waals surface area contributed by atoms with Crippen LogP contribution in [-0.2, 0) is 9.53 Å². The number of hydrogen-bond donors (Lipinski definition) is 1. The summed E-state index contributed by atoms with van der Waals surface area (Å²) in [6, 6.07) is 0. The molecule has 0 spiro atoms. The number of carbonyl (C=O) groups is 1. The van der Waals surface area contributed by atoms with Gasteiger partial charge in [0.1, 0.15) is 13.2 Å². The van der Waals surface area contributed by atoms with Gasteiger partial charge < -0.3 is 31.3 Å². The fraction of sp³-hybridized carbons (Fsp3) is 0.921. The Hall–Kier alpha value is -0.390. The maximum Gasteiger partial charge on any atom is 0.312 e. The smallest absolute Gasteiger partial charge is 0.312 e. The van der Waals surface area contributed by atoms with E-state index in [1.54, 1.807) is 5.57 Å². The first kappa shape index (κ1) is 35.5. The predicted molar refractivity (Wildman–Crippen MR) is 173 cm³/mol. The largest absolute Gasteiger partial charge is 1.00 e. The van der Waals surface area contributed by atoms with E-state index in [1.165, 1.54) is 12.8 Å². The second-order valence-corrected chi connectivity index (χ2v) is 17.3. The van der Waals surface area contributed by atoms with Crippen LogP contribution in [0.2, 0.25) is 0 Å². The number of ether oxygens (including phenoxy) is 1. The van der Waals surface area contributed by atoms with Crippen LogP contribution in [0.3, 0.4) is 0 Å². The number of allylic oxidation sites excluding steroid dienone is 2. The summed E-state index contributed by atoms with van der Waals surface area (Å²) in [7, 11) is 0. The van der Waals surface area contributed by atoms with E-state index < -0.39 is 0 Å². The molecule has 2 unspecified atom stereocenters. The Balaban J connectivity index is 0.00000423. The van der Waals surface area contributed by atoms with E-state index in [1.807, 2.05) is 0 Å². The Morgan fingerprint density at radius 1 is 0.907 bits per heavy atom. The zero-order chi connectivity index (χ0) is 30.9. The second-order valence-electron chi connectivity index (χ2n) is 17.3. The number of aliphatic hydroxyl groups is 1. The first-order valence-electron chi connectivity index (χ1n) is 18.0. The number of halogens is 1. The summed E-state index contributed by atoms with van der Waals surface area (Å²) >= 11 is 0. The number of quaternary nitrogens is 1. The SMILES string of the molecule is CC[N+](CC)(CC)CCOC(=O)[C@]12CC[C@@H](C)[C@H](C)[C@H]1C1=CCC3[C@@]4(C)CC[C@H](O)C(C)(C)C4CC[C@@]3(C)[C@]1(C)CC2.[Br-]. The Morgan fingerprint density at radius 3 is 2.19 bits per heavy atom. The summed E-state index contributed by atoms with van der Waals surface area (Å²) < 4.78 is 7.37. The van der Waals surface area contributed by atoms with E-state index >= 15 is 0 Å². The zero-order valence-electron chi connectivity index (χ0n) is 29.5. The van der Waals surface area contributed by atoms with Crippen molar-refractivity contribution in [3.8, 4) is 0 Å². The van der Waals surface area contributed by atoms with Gasteiger partial charge in [0.15, 0.2) is 0 Å². The number of hydrogen-bond acceptors (Lipinski definition) is 3. The number of carbonyl (C=O) groups excluding carboxylic acids is 1. The van der Waals surface area contributed by atoms with Gasteiger partial charge in [-0.25, -0.2) is 0 Å². The minimum Gasteiger partial charge on any atom is -1.00 e. The molecule has 4 fully saturated rings. The Bertz CT molecular complexity index is 1060. The third kappa shape index (κ3) is 4.97. The molecule has 4 saturated carbocycles. The lowest BCUT2D eigenvalue weighted by atomic mass is 9.33. The van der Waals surface area contributed by atoms with Gasteiger partial charge in [-0.15, -0.1) is 0 Å². The molecule has 0 aromatic heterocycles. The van der Waals surface area contributed by atoms with E-state index in [-0.39, 0.29) is 56.1 Å². The van der Waals surface area contributed by atoms with E-state index in [2.05, 4.69) is 75.3 Å². The highest BCUT2D eigenvalue weighted by Crippen LogP contribution is 2.75. The molecular formula is C38H66BrNO3. The van der Waals surface area contributed by atoms with Crippen LogP contribution >= 0.6 is 0 Å². The standard InChI is InChI=1S/C38H66NO3.BrH/c1-11-39(12-2,13-3)24-25-42-33(41)38-21-16-26(4)27(5)32(38)28-14-15-30-35(8)19-18-31(40)34(6,7)29(35)17-20-37(30,10)36(28,9)22-23-38;/h14,26-27,29-32,40H,11-13,15-25H2,1-10H3;1H/q+1;/p-1/t26-,27+,29?,30?,31+,32+,35+,36-,37-,38+;/m1./s1. The molecule has 0 saturated heterocycles. The quantitative estimate of drug-likeness (QED) is 0.225. The van der Waals surface area contributed by atoms with E-state index in [9.17, 15) is 9.90 Å². The molecule has 0 radical (unpaired) electrons. The number of fused-ring (bicyclic) bond motifs is 7. The molecule has 4 nitrogen and oxygen atoms in total. The fourth-order valence-electron chi connectivity index (χ4n) is 12.5. The van der Waals surface area contributed by atoms with Crippen molar-refractivity contribution in [3.05, 3.63) is 11.6 Å². The van der Waals surface area contributed by atoms with Gasteiger partial charge in [-0.1, -0.05) is 60.1 Å². The van der Waals surface area contributed by atoms with Crippen LogP contribution in [0.1, 0.15) is 127 Å². The molecule has 43 heavy (non-hydrogen) atoms. The highest BCUT2D eigenvalue weighted by atomic mass is 79.9. The number of nitrogens with zero attached hydrogens (tertiary/aromatic N) is 1.